The summed E-state index contributed by atoms with van der Waals surface area (Å²) in [5, 5.41) is 10.3. The molecule has 0 aromatic heterocycles. The standard InChI is InChI=1S/C17H17IO3/c1-20-12-7-8-14(18)16(10-12)21-17-13-5-3-2-4-11(13)6-9-15(17)19/h2-5,7-8,10,15,17,19H,6,9H2,1H3/t15-,17-/m1/s1. The molecule has 3 nitrogen and oxygen atoms in total. The van der Waals surface area contributed by atoms with Crippen LogP contribution in [0.1, 0.15) is 23.7 Å². The summed E-state index contributed by atoms with van der Waals surface area (Å²) in [6.07, 6.45) is 0.812. The Bertz CT molecular complexity index is 642. The second-order valence-corrected chi connectivity index (χ2v) is 6.30. The van der Waals surface area contributed by atoms with Crippen LogP contribution in [0.4, 0.5) is 0 Å². The van der Waals surface area contributed by atoms with Gasteiger partial charge >= 0.3 is 0 Å². The van der Waals surface area contributed by atoms with Gasteiger partial charge in [0.05, 0.1) is 16.8 Å². The van der Waals surface area contributed by atoms with Crippen LogP contribution in [0.2, 0.25) is 0 Å². The monoisotopic (exact) mass is 396 g/mol. The molecule has 1 aliphatic carbocycles. The Morgan fingerprint density at radius 3 is 2.81 bits per heavy atom. The van der Waals surface area contributed by atoms with E-state index in [1.807, 2.05) is 36.4 Å². The van der Waals surface area contributed by atoms with E-state index in [1.54, 1.807) is 7.11 Å². The summed E-state index contributed by atoms with van der Waals surface area (Å²) in [4.78, 5) is 0. The van der Waals surface area contributed by atoms with Crippen LogP contribution in [0.5, 0.6) is 11.5 Å². The molecule has 0 saturated heterocycles. The average molecular weight is 396 g/mol. The van der Waals surface area contributed by atoms with E-state index in [2.05, 4.69) is 28.7 Å². The van der Waals surface area contributed by atoms with Crippen LogP contribution in [0.15, 0.2) is 42.5 Å². The van der Waals surface area contributed by atoms with Crippen molar-refractivity contribution in [3.8, 4) is 11.5 Å². The lowest BCUT2D eigenvalue weighted by molar-refractivity contribution is 0.0222. The Morgan fingerprint density at radius 2 is 2.00 bits per heavy atom. The quantitative estimate of drug-likeness (QED) is 0.804. The number of aryl methyl sites for hydroxylation is 1. The predicted molar refractivity (Wildman–Crippen MR) is 89.8 cm³/mol. The van der Waals surface area contributed by atoms with Gasteiger partial charge in [0.2, 0.25) is 0 Å². The van der Waals surface area contributed by atoms with Crippen molar-refractivity contribution >= 4 is 22.6 Å². The largest absolute Gasteiger partial charge is 0.497 e. The molecule has 2 atom stereocenters. The van der Waals surface area contributed by atoms with Crippen molar-refractivity contribution in [2.45, 2.75) is 25.0 Å². The molecule has 2 aromatic rings. The molecule has 0 aliphatic heterocycles. The van der Waals surface area contributed by atoms with Crippen LogP contribution >= 0.6 is 22.6 Å². The van der Waals surface area contributed by atoms with E-state index in [0.29, 0.717) is 0 Å². The Kier molecular flexibility index (Phi) is 4.35. The summed E-state index contributed by atoms with van der Waals surface area (Å²) in [6, 6.07) is 13.9. The summed E-state index contributed by atoms with van der Waals surface area (Å²) >= 11 is 2.23. The van der Waals surface area contributed by atoms with E-state index >= 15 is 0 Å². The molecular formula is C17H17IO3. The molecule has 0 spiro atoms. The molecule has 1 N–H and O–H groups in total. The lowest BCUT2D eigenvalue weighted by Crippen LogP contribution is -2.29. The number of aliphatic hydroxyl groups is 1. The van der Waals surface area contributed by atoms with Gasteiger partial charge in [0.1, 0.15) is 17.6 Å². The van der Waals surface area contributed by atoms with Crippen LogP contribution in [0, 0.1) is 3.57 Å². The Labute approximate surface area is 138 Å². The highest BCUT2D eigenvalue weighted by Crippen LogP contribution is 2.36. The number of rotatable bonds is 3. The van der Waals surface area contributed by atoms with Gasteiger partial charge in [0.25, 0.3) is 0 Å². The molecule has 0 amide bonds. The maximum Gasteiger partial charge on any atom is 0.150 e. The van der Waals surface area contributed by atoms with E-state index in [-0.39, 0.29) is 6.10 Å². The maximum absolute atomic E-state index is 10.3. The third-order valence-electron chi connectivity index (χ3n) is 3.81. The highest BCUT2D eigenvalue weighted by Gasteiger charge is 2.30. The number of methoxy groups -OCH3 is 1. The molecule has 0 heterocycles. The van der Waals surface area contributed by atoms with Gasteiger partial charge in [0.15, 0.2) is 0 Å². The van der Waals surface area contributed by atoms with Crippen LogP contribution in [0.3, 0.4) is 0 Å². The molecule has 4 heteroatoms. The van der Waals surface area contributed by atoms with Gasteiger partial charge < -0.3 is 14.6 Å². The lowest BCUT2D eigenvalue weighted by atomic mass is 9.87. The van der Waals surface area contributed by atoms with Crippen LogP contribution in [-0.4, -0.2) is 18.3 Å². The zero-order valence-corrected chi connectivity index (χ0v) is 13.9. The average Bonchev–Trinajstić information content (AvgIpc) is 2.52. The summed E-state index contributed by atoms with van der Waals surface area (Å²) in [6.45, 7) is 0. The van der Waals surface area contributed by atoms with Crippen molar-refractivity contribution in [1.29, 1.82) is 0 Å². The lowest BCUT2D eigenvalue weighted by Gasteiger charge is -2.31. The Hall–Kier alpha value is -1.27. The van der Waals surface area contributed by atoms with Crippen molar-refractivity contribution in [2.24, 2.45) is 0 Å². The minimum absolute atomic E-state index is 0.324. The number of ether oxygens (including phenoxy) is 2. The molecule has 21 heavy (non-hydrogen) atoms. The van der Waals surface area contributed by atoms with Gasteiger partial charge in [0, 0.05) is 6.07 Å². The third kappa shape index (κ3) is 3.01. The highest BCUT2D eigenvalue weighted by atomic mass is 127. The minimum atomic E-state index is -0.484. The SMILES string of the molecule is COc1ccc(I)c(O[C@@H]2c3ccccc3CC[C@H]2O)c1. The van der Waals surface area contributed by atoms with Crippen LogP contribution in [-0.2, 0) is 6.42 Å². The van der Waals surface area contributed by atoms with Crippen molar-refractivity contribution in [2.75, 3.05) is 7.11 Å². The first-order valence-electron chi connectivity index (χ1n) is 6.95. The Balaban J connectivity index is 1.94. The first kappa shape index (κ1) is 14.7. The number of hydrogen-bond donors (Lipinski definition) is 1. The van der Waals surface area contributed by atoms with Crippen molar-refractivity contribution in [1.82, 2.24) is 0 Å². The van der Waals surface area contributed by atoms with Gasteiger partial charge in [-0.25, -0.2) is 0 Å². The van der Waals surface area contributed by atoms with Gasteiger partial charge in [-0.3, -0.25) is 0 Å². The number of fused-ring (bicyclic) bond motifs is 1. The molecule has 2 aromatic carbocycles. The first-order valence-corrected chi connectivity index (χ1v) is 8.03. The highest BCUT2D eigenvalue weighted by molar-refractivity contribution is 14.1. The first-order chi connectivity index (χ1) is 10.2. The molecule has 3 rings (SSSR count). The zero-order chi connectivity index (χ0) is 14.8. The van der Waals surface area contributed by atoms with Crippen LogP contribution in [0.25, 0.3) is 0 Å². The predicted octanol–water partition coefficient (Wildman–Crippen LogP) is 3.73. The number of aliphatic hydroxyl groups excluding tert-OH is 1. The van der Waals surface area contributed by atoms with Gasteiger partial charge in [-0.1, -0.05) is 24.3 Å². The third-order valence-corrected chi connectivity index (χ3v) is 4.70. The van der Waals surface area contributed by atoms with Gasteiger partial charge in [-0.05, 0) is 58.7 Å². The normalized spacial score (nSPS) is 20.7. The van der Waals surface area contributed by atoms with E-state index in [1.165, 1.54) is 5.56 Å². The summed E-state index contributed by atoms with van der Waals surface area (Å²) < 4.78 is 12.4. The molecule has 0 unspecified atom stereocenters. The summed E-state index contributed by atoms with van der Waals surface area (Å²) in [5.41, 5.74) is 2.33. The molecular weight excluding hydrogens is 379 g/mol. The Morgan fingerprint density at radius 1 is 1.19 bits per heavy atom. The van der Waals surface area contributed by atoms with Gasteiger partial charge in [-0.2, -0.15) is 0 Å². The smallest absolute Gasteiger partial charge is 0.150 e. The van der Waals surface area contributed by atoms with Gasteiger partial charge in [-0.15, -0.1) is 0 Å². The fraction of sp³-hybridized carbons (Fsp3) is 0.294. The summed E-state index contributed by atoms with van der Waals surface area (Å²) in [5.74, 6) is 1.50. The maximum atomic E-state index is 10.3. The van der Waals surface area contributed by atoms with Crippen molar-refractivity contribution < 1.29 is 14.6 Å². The number of hydrogen-bond acceptors (Lipinski definition) is 3. The van der Waals surface area contributed by atoms with Crippen LogP contribution < -0.4 is 9.47 Å². The molecule has 0 saturated carbocycles. The van der Waals surface area contributed by atoms with E-state index < -0.39 is 6.10 Å². The second-order valence-electron chi connectivity index (χ2n) is 5.14. The van der Waals surface area contributed by atoms with E-state index in [0.717, 1.165) is 33.5 Å². The summed E-state index contributed by atoms with van der Waals surface area (Å²) in [7, 11) is 1.64. The van der Waals surface area contributed by atoms with Crippen molar-refractivity contribution in [3.63, 3.8) is 0 Å². The van der Waals surface area contributed by atoms with E-state index in [9.17, 15) is 5.11 Å². The number of halogens is 1. The molecule has 0 radical (unpaired) electrons. The number of benzene rings is 2. The second kappa shape index (κ2) is 6.23. The fourth-order valence-electron chi connectivity index (χ4n) is 2.68. The minimum Gasteiger partial charge on any atom is -0.497 e. The topological polar surface area (TPSA) is 38.7 Å². The van der Waals surface area contributed by atoms with E-state index in [4.69, 9.17) is 9.47 Å². The molecule has 0 fully saturated rings. The van der Waals surface area contributed by atoms with Crippen molar-refractivity contribution in [3.05, 3.63) is 57.2 Å². The zero-order valence-electron chi connectivity index (χ0n) is 11.8. The molecule has 0 bridgehead atoms. The molecule has 110 valence electrons. The fourth-order valence-corrected chi connectivity index (χ4v) is 3.14. The molecule has 1 aliphatic rings.